The summed E-state index contributed by atoms with van der Waals surface area (Å²) in [5.74, 6) is 0.772. The molecule has 1 aromatic carbocycles. The monoisotopic (exact) mass is 258 g/mol. The number of nitrogens with one attached hydrogen (secondary N) is 1. The zero-order valence-corrected chi connectivity index (χ0v) is 11.3. The standard InChI is InChI=1S/C15H18N2O2/c1-3-4-7-16-10-12-8-11-9-13(19-2)5-6-14(11)17-15(12)18/h5-6,8-10H,3-4,7H2,1-2H3,(H,17,18). The number of fused-ring (bicyclic) bond motifs is 1. The number of ether oxygens (including phenoxy) is 1. The fraction of sp³-hybridized carbons (Fsp3) is 0.333. The van der Waals surface area contributed by atoms with Gasteiger partial charge in [0.25, 0.3) is 5.56 Å². The number of benzene rings is 1. The highest BCUT2D eigenvalue weighted by Crippen LogP contribution is 2.18. The average Bonchev–Trinajstić information content (AvgIpc) is 2.43. The third-order valence-electron chi connectivity index (χ3n) is 2.95. The molecule has 4 heteroatoms. The molecule has 0 aliphatic rings. The van der Waals surface area contributed by atoms with Crippen molar-refractivity contribution >= 4 is 17.1 Å². The first-order valence-electron chi connectivity index (χ1n) is 6.45. The summed E-state index contributed by atoms with van der Waals surface area (Å²) in [7, 11) is 1.62. The van der Waals surface area contributed by atoms with E-state index in [1.807, 2.05) is 24.3 Å². The Bertz CT molecular complexity index is 644. The van der Waals surface area contributed by atoms with Gasteiger partial charge in [-0.15, -0.1) is 0 Å². The van der Waals surface area contributed by atoms with Gasteiger partial charge >= 0.3 is 0 Å². The first kappa shape index (κ1) is 13.3. The number of aromatic amines is 1. The lowest BCUT2D eigenvalue weighted by Gasteiger charge is -2.03. The number of hydrogen-bond acceptors (Lipinski definition) is 3. The van der Waals surface area contributed by atoms with Crippen LogP contribution in [0.1, 0.15) is 25.3 Å². The van der Waals surface area contributed by atoms with Crippen molar-refractivity contribution in [2.24, 2.45) is 4.99 Å². The van der Waals surface area contributed by atoms with Gasteiger partial charge in [-0.1, -0.05) is 13.3 Å². The molecule has 0 aliphatic carbocycles. The van der Waals surface area contributed by atoms with E-state index in [4.69, 9.17) is 4.74 Å². The van der Waals surface area contributed by atoms with Gasteiger partial charge in [0.2, 0.25) is 0 Å². The first-order chi connectivity index (χ1) is 9.24. The van der Waals surface area contributed by atoms with Crippen molar-refractivity contribution in [2.75, 3.05) is 13.7 Å². The van der Waals surface area contributed by atoms with E-state index in [0.717, 1.165) is 36.0 Å². The van der Waals surface area contributed by atoms with E-state index < -0.39 is 0 Å². The molecular weight excluding hydrogens is 240 g/mol. The molecule has 0 radical (unpaired) electrons. The Balaban J connectivity index is 2.36. The van der Waals surface area contributed by atoms with Gasteiger partial charge in [-0.2, -0.15) is 0 Å². The average molecular weight is 258 g/mol. The first-order valence-corrected chi connectivity index (χ1v) is 6.45. The van der Waals surface area contributed by atoms with Crippen LogP contribution in [0.5, 0.6) is 5.75 Å². The molecule has 19 heavy (non-hydrogen) atoms. The highest BCUT2D eigenvalue weighted by molar-refractivity contribution is 5.88. The molecule has 0 fully saturated rings. The van der Waals surface area contributed by atoms with E-state index in [1.54, 1.807) is 13.3 Å². The van der Waals surface area contributed by atoms with Crippen LogP contribution in [0.4, 0.5) is 0 Å². The lowest BCUT2D eigenvalue weighted by Crippen LogP contribution is -2.11. The summed E-state index contributed by atoms with van der Waals surface area (Å²) in [6, 6.07) is 7.40. The number of hydrogen-bond donors (Lipinski definition) is 1. The lowest BCUT2D eigenvalue weighted by molar-refractivity contribution is 0.415. The largest absolute Gasteiger partial charge is 0.497 e. The number of pyridine rings is 1. The molecule has 1 heterocycles. The minimum absolute atomic E-state index is 0.113. The highest BCUT2D eigenvalue weighted by Gasteiger charge is 2.02. The summed E-state index contributed by atoms with van der Waals surface area (Å²) >= 11 is 0. The maximum absolute atomic E-state index is 11.9. The summed E-state index contributed by atoms with van der Waals surface area (Å²) in [4.78, 5) is 19.0. The van der Waals surface area contributed by atoms with Gasteiger partial charge < -0.3 is 9.72 Å². The molecule has 0 saturated heterocycles. The smallest absolute Gasteiger partial charge is 0.257 e. The fourth-order valence-electron chi connectivity index (χ4n) is 1.84. The molecule has 0 saturated carbocycles. The van der Waals surface area contributed by atoms with Crippen molar-refractivity contribution in [3.8, 4) is 5.75 Å². The maximum atomic E-state index is 11.9. The van der Waals surface area contributed by atoms with Gasteiger partial charge in [0.05, 0.1) is 12.7 Å². The summed E-state index contributed by atoms with van der Waals surface area (Å²) < 4.78 is 5.18. The summed E-state index contributed by atoms with van der Waals surface area (Å²) in [6.45, 7) is 2.87. The second kappa shape index (κ2) is 6.18. The normalized spacial score (nSPS) is 11.3. The van der Waals surface area contributed by atoms with Crippen molar-refractivity contribution in [2.45, 2.75) is 19.8 Å². The lowest BCUT2D eigenvalue weighted by atomic mass is 10.1. The van der Waals surface area contributed by atoms with Crippen LogP contribution in [0.2, 0.25) is 0 Å². The molecule has 1 N–H and O–H groups in total. The zero-order chi connectivity index (χ0) is 13.7. The van der Waals surface area contributed by atoms with Crippen LogP contribution < -0.4 is 10.3 Å². The number of aliphatic imine (C=N–C) groups is 1. The Labute approximate surface area is 112 Å². The summed E-state index contributed by atoms with van der Waals surface area (Å²) in [5, 5.41) is 0.941. The Kier molecular flexibility index (Phi) is 4.34. The van der Waals surface area contributed by atoms with Crippen molar-refractivity contribution in [3.63, 3.8) is 0 Å². The number of rotatable bonds is 5. The third kappa shape index (κ3) is 3.22. The van der Waals surface area contributed by atoms with Crippen LogP contribution >= 0.6 is 0 Å². The number of methoxy groups -OCH3 is 1. The van der Waals surface area contributed by atoms with Crippen molar-refractivity contribution in [1.29, 1.82) is 0 Å². The van der Waals surface area contributed by atoms with Crippen LogP contribution in [-0.2, 0) is 0 Å². The minimum Gasteiger partial charge on any atom is -0.497 e. The van der Waals surface area contributed by atoms with Crippen LogP contribution in [-0.4, -0.2) is 24.9 Å². The molecule has 2 aromatic rings. The van der Waals surface area contributed by atoms with Crippen molar-refractivity contribution < 1.29 is 4.74 Å². The fourth-order valence-corrected chi connectivity index (χ4v) is 1.84. The van der Waals surface area contributed by atoms with Gasteiger partial charge in [-0.05, 0) is 30.7 Å². The Morgan fingerprint density at radius 3 is 2.95 bits per heavy atom. The van der Waals surface area contributed by atoms with E-state index in [1.165, 1.54) is 0 Å². The van der Waals surface area contributed by atoms with Gasteiger partial charge in [-0.25, -0.2) is 0 Å². The SMILES string of the molecule is CCCCN=Cc1cc2cc(OC)ccc2[nH]c1=O. The van der Waals surface area contributed by atoms with Gasteiger partial charge in [-0.3, -0.25) is 9.79 Å². The van der Waals surface area contributed by atoms with E-state index in [0.29, 0.717) is 5.56 Å². The second-order valence-electron chi connectivity index (χ2n) is 4.40. The number of aromatic nitrogens is 1. The molecule has 0 aliphatic heterocycles. The topological polar surface area (TPSA) is 54.4 Å². The van der Waals surface area contributed by atoms with E-state index in [9.17, 15) is 4.79 Å². The Hall–Kier alpha value is -2.10. The van der Waals surface area contributed by atoms with Crippen LogP contribution in [0.25, 0.3) is 10.9 Å². The predicted octanol–water partition coefficient (Wildman–Crippen LogP) is 2.76. The molecule has 100 valence electrons. The van der Waals surface area contributed by atoms with Crippen molar-refractivity contribution in [1.82, 2.24) is 4.98 Å². The van der Waals surface area contributed by atoms with Crippen LogP contribution in [0.3, 0.4) is 0 Å². The minimum atomic E-state index is -0.113. The van der Waals surface area contributed by atoms with Gasteiger partial charge in [0.1, 0.15) is 5.75 Å². The van der Waals surface area contributed by atoms with Crippen LogP contribution in [0, 0.1) is 0 Å². The Morgan fingerprint density at radius 1 is 1.37 bits per heavy atom. The molecule has 0 atom stereocenters. The van der Waals surface area contributed by atoms with E-state index in [2.05, 4.69) is 16.9 Å². The molecule has 0 bridgehead atoms. The summed E-state index contributed by atoms with van der Waals surface area (Å²) in [5.41, 5.74) is 1.27. The third-order valence-corrected chi connectivity index (χ3v) is 2.95. The number of H-pyrrole nitrogens is 1. The molecule has 1 aromatic heterocycles. The predicted molar refractivity (Wildman–Crippen MR) is 78.5 cm³/mol. The molecule has 0 unspecified atom stereocenters. The molecule has 0 spiro atoms. The van der Waals surface area contributed by atoms with E-state index >= 15 is 0 Å². The number of unbranched alkanes of at least 4 members (excludes halogenated alkanes) is 1. The second-order valence-corrected chi connectivity index (χ2v) is 4.40. The zero-order valence-electron chi connectivity index (χ0n) is 11.3. The molecule has 0 amide bonds. The molecular formula is C15H18N2O2. The van der Waals surface area contributed by atoms with Crippen molar-refractivity contribution in [3.05, 3.63) is 40.2 Å². The Morgan fingerprint density at radius 2 is 2.21 bits per heavy atom. The number of nitrogens with zero attached hydrogens (tertiary/aromatic N) is 1. The maximum Gasteiger partial charge on any atom is 0.257 e. The molecule has 2 rings (SSSR count). The highest BCUT2D eigenvalue weighted by atomic mass is 16.5. The van der Waals surface area contributed by atoms with E-state index in [-0.39, 0.29) is 5.56 Å². The van der Waals surface area contributed by atoms with Gasteiger partial charge in [0.15, 0.2) is 0 Å². The van der Waals surface area contributed by atoms with Crippen LogP contribution in [0.15, 0.2) is 34.1 Å². The summed E-state index contributed by atoms with van der Waals surface area (Å²) in [6.07, 6.45) is 3.78. The molecule has 4 nitrogen and oxygen atoms in total. The quantitative estimate of drug-likeness (QED) is 0.662. The van der Waals surface area contributed by atoms with Gasteiger partial charge in [0, 0.05) is 23.7 Å².